The van der Waals surface area contributed by atoms with Crippen LogP contribution in [0.3, 0.4) is 0 Å². The van der Waals surface area contributed by atoms with Gasteiger partial charge in [0.2, 0.25) is 5.91 Å². The number of rotatable bonds is 3. The molecule has 0 aliphatic carbocycles. The highest BCUT2D eigenvalue weighted by Gasteiger charge is 2.45. The summed E-state index contributed by atoms with van der Waals surface area (Å²) < 4.78 is 5.48. The summed E-state index contributed by atoms with van der Waals surface area (Å²) in [5.74, 6) is 0.112. The van der Waals surface area contributed by atoms with Crippen molar-refractivity contribution in [2.45, 2.75) is 45.6 Å². The highest BCUT2D eigenvalue weighted by Crippen LogP contribution is 2.35. The molecule has 2 heterocycles. The Balaban J connectivity index is 1.82. The fraction of sp³-hybridized carbons (Fsp3) is 0.524. The molecule has 2 aliphatic heterocycles. The molecule has 2 aliphatic rings. The Kier molecular flexibility index (Phi) is 5.08. The molecule has 140 valence electrons. The van der Waals surface area contributed by atoms with Gasteiger partial charge in [0.25, 0.3) is 0 Å². The summed E-state index contributed by atoms with van der Waals surface area (Å²) in [5.41, 5.74) is -0.187. The number of carbonyl (C=O) groups excluding carboxylic acids is 2. The van der Waals surface area contributed by atoms with E-state index in [0.717, 1.165) is 31.5 Å². The first-order chi connectivity index (χ1) is 12.3. The van der Waals surface area contributed by atoms with E-state index in [1.165, 1.54) is 4.90 Å². The monoisotopic (exact) mass is 356 g/mol. The summed E-state index contributed by atoms with van der Waals surface area (Å²) >= 11 is 0. The van der Waals surface area contributed by atoms with Gasteiger partial charge in [-0.15, -0.1) is 0 Å². The fourth-order valence-electron chi connectivity index (χ4n) is 3.61. The third-order valence-electron chi connectivity index (χ3n) is 4.84. The number of ether oxygens (including phenoxy) is 1. The summed E-state index contributed by atoms with van der Waals surface area (Å²) in [4.78, 5) is 29.3. The van der Waals surface area contributed by atoms with Crippen molar-refractivity contribution in [2.24, 2.45) is 5.41 Å². The molecule has 0 saturated carbocycles. The summed E-state index contributed by atoms with van der Waals surface area (Å²) in [7, 11) is 0. The fourth-order valence-corrected chi connectivity index (χ4v) is 3.61. The maximum absolute atomic E-state index is 13.3. The van der Waals surface area contributed by atoms with Crippen molar-refractivity contribution in [2.75, 3.05) is 19.6 Å². The quantitative estimate of drug-likeness (QED) is 0.831. The molecule has 0 N–H and O–H groups in total. The van der Waals surface area contributed by atoms with Gasteiger partial charge in [0.1, 0.15) is 5.60 Å². The van der Waals surface area contributed by atoms with E-state index in [2.05, 4.69) is 0 Å². The Labute approximate surface area is 155 Å². The van der Waals surface area contributed by atoms with Gasteiger partial charge >= 0.3 is 6.09 Å². The van der Waals surface area contributed by atoms with Crippen LogP contribution in [-0.4, -0.2) is 47.0 Å². The zero-order valence-electron chi connectivity index (χ0n) is 15.9. The van der Waals surface area contributed by atoms with Crippen molar-refractivity contribution in [1.29, 1.82) is 0 Å². The number of hydrogen-bond donors (Lipinski definition) is 0. The smallest absolute Gasteiger partial charge is 0.414 e. The Morgan fingerprint density at radius 1 is 1.12 bits per heavy atom. The van der Waals surface area contributed by atoms with Gasteiger partial charge in [-0.1, -0.05) is 36.4 Å². The summed E-state index contributed by atoms with van der Waals surface area (Å²) in [6.45, 7) is 7.46. The molecule has 1 fully saturated rings. The number of nitrogens with zero attached hydrogens (tertiary/aromatic N) is 2. The number of hydrogen-bond acceptors (Lipinski definition) is 3. The van der Waals surface area contributed by atoms with Gasteiger partial charge in [-0.05, 0) is 45.6 Å². The predicted molar refractivity (Wildman–Crippen MR) is 100 cm³/mol. The van der Waals surface area contributed by atoms with E-state index in [9.17, 15) is 9.59 Å². The first-order valence-corrected chi connectivity index (χ1v) is 9.31. The molecule has 1 aromatic carbocycles. The molecule has 1 atom stereocenters. The predicted octanol–water partition coefficient (Wildman–Crippen LogP) is 3.60. The average Bonchev–Trinajstić information content (AvgIpc) is 3.24. The van der Waals surface area contributed by atoms with Gasteiger partial charge in [-0.25, -0.2) is 4.79 Å². The SMILES string of the molecule is CC(C)(C)OC(=O)N1C=C[C@@](Cc2ccccc2)(C(=O)N2CCCC2)C1. The Bertz CT molecular complexity index is 687. The van der Waals surface area contributed by atoms with Crippen LogP contribution in [0.4, 0.5) is 4.79 Å². The third kappa shape index (κ3) is 4.09. The van der Waals surface area contributed by atoms with E-state index in [-0.39, 0.29) is 5.91 Å². The van der Waals surface area contributed by atoms with E-state index in [1.807, 2.05) is 62.1 Å². The lowest BCUT2D eigenvalue weighted by molar-refractivity contribution is -0.138. The van der Waals surface area contributed by atoms with Crippen LogP contribution in [0.5, 0.6) is 0 Å². The van der Waals surface area contributed by atoms with Crippen molar-refractivity contribution >= 4 is 12.0 Å². The normalized spacial score (nSPS) is 22.7. The second-order valence-electron chi connectivity index (χ2n) is 8.24. The van der Waals surface area contributed by atoms with Crippen LogP contribution in [0.15, 0.2) is 42.6 Å². The van der Waals surface area contributed by atoms with Gasteiger partial charge in [-0.3, -0.25) is 9.69 Å². The van der Waals surface area contributed by atoms with Gasteiger partial charge in [0, 0.05) is 25.8 Å². The van der Waals surface area contributed by atoms with Crippen LogP contribution in [0.2, 0.25) is 0 Å². The topological polar surface area (TPSA) is 49.9 Å². The van der Waals surface area contributed by atoms with Crippen LogP contribution >= 0.6 is 0 Å². The number of benzene rings is 1. The van der Waals surface area contributed by atoms with Gasteiger partial charge in [0.15, 0.2) is 0 Å². The molecule has 3 rings (SSSR count). The molecular formula is C21H28N2O3. The minimum absolute atomic E-state index is 0.112. The number of likely N-dealkylation sites (tertiary alicyclic amines) is 1. The summed E-state index contributed by atoms with van der Waals surface area (Å²) in [6.07, 6.45) is 5.88. The molecule has 0 spiro atoms. The molecule has 5 heteroatoms. The molecule has 0 bridgehead atoms. The van der Waals surface area contributed by atoms with Gasteiger partial charge < -0.3 is 9.64 Å². The van der Waals surface area contributed by atoms with E-state index in [4.69, 9.17) is 4.74 Å². The Morgan fingerprint density at radius 3 is 2.38 bits per heavy atom. The number of carbonyl (C=O) groups is 2. The minimum Gasteiger partial charge on any atom is -0.443 e. The first-order valence-electron chi connectivity index (χ1n) is 9.31. The number of amides is 2. The van der Waals surface area contributed by atoms with Crippen molar-refractivity contribution in [3.63, 3.8) is 0 Å². The summed E-state index contributed by atoms with van der Waals surface area (Å²) in [5, 5.41) is 0. The maximum Gasteiger partial charge on any atom is 0.414 e. The second-order valence-corrected chi connectivity index (χ2v) is 8.24. The van der Waals surface area contributed by atoms with E-state index >= 15 is 0 Å². The Morgan fingerprint density at radius 2 is 1.77 bits per heavy atom. The third-order valence-corrected chi connectivity index (χ3v) is 4.84. The molecule has 2 amide bonds. The average molecular weight is 356 g/mol. The molecule has 1 saturated heterocycles. The largest absolute Gasteiger partial charge is 0.443 e. The molecule has 1 aromatic rings. The standard InChI is InChI=1S/C21H28N2O3/c1-20(2,3)26-19(25)23-14-11-21(16-23,15-17-9-5-4-6-10-17)18(24)22-12-7-8-13-22/h4-6,9-11,14H,7-8,12-13,15-16H2,1-3H3/t21-/m0/s1. The minimum atomic E-state index is -0.720. The molecule has 0 unspecified atom stereocenters. The molecule has 26 heavy (non-hydrogen) atoms. The highest BCUT2D eigenvalue weighted by molar-refractivity contribution is 5.87. The van der Waals surface area contributed by atoms with Gasteiger partial charge in [0.05, 0.1) is 5.41 Å². The lowest BCUT2D eigenvalue weighted by atomic mass is 9.81. The molecule has 0 radical (unpaired) electrons. The van der Waals surface area contributed by atoms with Gasteiger partial charge in [-0.2, -0.15) is 0 Å². The van der Waals surface area contributed by atoms with E-state index < -0.39 is 17.1 Å². The Hall–Kier alpha value is -2.30. The zero-order valence-corrected chi connectivity index (χ0v) is 15.9. The molecule has 0 aromatic heterocycles. The zero-order chi connectivity index (χ0) is 18.8. The second kappa shape index (κ2) is 7.14. The van der Waals surface area contributed by atoms with Crippen molar-refractivity contribution < 1.29 is 14.3 Å². The van der Waals surface area contributed by atoms with Crippen LogP contribution in [0.25, 0.3) is 0 Å². The first kappa shape index (κ1) is 18.5. The molecule has 5 nitrogen and oxygen atoms in total. The lowest BCUT2D eigenvalue weighted by Gasteiger charge is -2.32. The summed E-state index contributed by atoms with van der Waals surface area (Å²) in [6, 6.07) is 9.99. The van der Waals surface area contributed by atoms with Crippen LogP contribution in [0, 0.1) is 5.41 Å². The molecular weight excluding hydrogens is 328 g/mol. The highest BCUT2D eigenvalue weighted by atomic mass is 16.6. The lowest BCUT2D eigenvalue weighted by Crippen LogP contribution is -2.47. The van der Waals surface area contributed by atoms with E-state index in [1.54, 1.807) is 6.20 Å². The van der Waals surface area contributed by atoms with Crippen LogP contribution in [-0.2, 0) is 16.0 Å². The van der Waals surface area contributed by atoms with Crippen molar-refractivity contribution in [3.8, 4) is 0 Å². The van der Waals surface area contributed by atoms with Crippen LogP contribution < -0.4 is 0 Å². The van der Waals surface area contributed by atoms with E-state index in [0.29, 0.717) is 13.0 Å². The van der Waals surface area contributed by atoms with Crippen molar-refractivity contribution in [1.82, 2.24) is 9.80 Å². The van der Waals surface area contributed by atoms with Crippen LogP contribution in [0.1, 0.15) is 39.2 Å². The van der Waals surface area contributed by atoms with Crippen molar-refractivity contribution in [3.05, 3.63) is 48.2 Å². The maximum atomic E-state index is 13.3.